The minimum absolute atomic E-state index is 0.00729. The van der Waals surface area contributed by atoms with Gasteiger partial charge >= 0.3 is 5.97 Å². The van der Waals surface area contributed by atoms with Gasteiger partial charge in [-0.2, -0.15) is 0 Å². The summed E-state index contributed by atoms with van der Waals surface area (Å²) in [6, 6.07) is 6.68. The number of nitrogens with one attached hydrogen (secondary N) is 1. The monoisotopic (exact) mass is 283 g/mol. The molecule has 0 bridgehead atoms. The molecule has 3 nitrogen and oxygen atoms in total. The van der Waals surface area contributed by atoms with Crippen LogP contribution in [-0.2, 0) is 6.54 Å². The zero-order valence-corrected chi connectivity index (χ0v) is 11.2. The Hall–Kier alpha value is -1.49. The molecule has 1 aliphatic carbocycles. The molecule has 1 aliphatic rings. The van der Waals surface area contributed by atoms with E-state index in [0.29, 0.717) is 25.3 Å². The zero-order chi connectivity index (χ0) is 14.6. The average molecular weight is 283 g/mol. The highest BCUT2D eigenvalue weighted by Gasteiger charge is 2.34. The summed E-state index contributed by atoms with van der Waals surface area (Å²) in [5.74, 6) is -3.09. The molecule has 2 N–H and O–H groups in total. The largest absolute Gasteiger partial charge is 0.478 e. The number of hydrogen-bond acceptors (Lipinski definition) is 2. The molecule has 0 aromatic heterocycles. The van der Waals surface area contributed by atoms with Crippen molar-refractivity contribution >= 4 is 5.97 Å². The number of carboxylic acids is 1. The number of halogens is 2. The van der Waals surface area contributed by atoms with Crippen LogP contribution in [0.1, 0.15) is 41.6 Å². The summed E-state index contributed by atoms with van der Waals surface area (Å²) in [7, 11) is 0. The minimum atomic E-state index is -2.47. The van der Waals surface area contributed by atoms with Crippen LogP contribution in [0.2, 0.25) is 0 Å². The van der Waals surface area contributed by atoms with E-state index in [1.165, 1.54) is 0 Å². The molecule has 1 aromatic rings. The Balaban J connectivity index is 1.72. The SMILES string of the molecule is O=C(O)c1ccc(CNCC2CCC(F)(F)CC2)cc1. The van der Waals surface area contributed by atoms with E-state index in [4.69, 9.17) is 5.11 Å². The van der Waals surface area contributed by atoms with Crippen molar-refractivity contribution in [3.05, 3.63) is 35.4 Å². The molecule has 0 unspecified atom stereocenters. The number of aromatic carboxylic acids is 1. The second-order valence-electron chi connectivity index (χ2n) is 5.43. The van der Waals surface area contributed by atoms with Crippen LogP contribution in [0.5, 0.6) is 0 Å². The molecular formula is C15H19F2NO2. The molecule has 0 amide bonds. The third kappa shape index (κ3) is 4.27. The van der Waals surface area contributed by atoms with E-state index >= 15 is 0 Å². The fourth-order valence-electron chi connectivity index (χ4n) is 2.49. The third-order valence-electron chi connectivity index (χ3n) is 3.80. The van der Waals surface area contributed by atoms with Crippen LogP contribution < -0.4 is 5.32 Å². The molecule has 0 atom stereocenters. The fraction of sp³-hybridized carbons (Fsp3) is 0.533. The van der Waals surface area contributed by atoms with Gasteiger partial charge in [0, 0.05) is 19.4 Å². The molecule has 1 aromatic carbocycles. The van der Waals surface area contributed by atoms with Gasteiger partial charge in [0.15, 0.2) is 0 Å². The molecule has 110 valence electrons. The van der Waals surface area contributed by atoms with Crippen molar-refractivity contribution in [1.82, 2.24) is 5.32 Å². The third-order valence-corrected chi connectivity index (χ3v) is 3.80. The smallest absolute Gasteiger partial charge is 0.335 e. The number of rotatable bonds is 5. The van der Waals surface area contributed by atoms with Crippen LogP contribution in [0.3, 0.4) is 0 Å². The van der Waals surface area contributed by atoms with Crippen molar-refractivity contribution in [2.24, 2.45) is 5.92 Å². The molecule has 1 saturated carbocycles. The second-order valence-corrected chi connectivity index (χ2v) is 5.43. The number of hydrogen-bond donors (Lipinski definition) is 2. The first-order valence-electron chi connectivity index (χ1n) is 6.87. The van der Waals surface area contributed by atoms with Gasteiger partial charge in [0.2, 0.25) is 5.92 Å². The number of carboxylic acid groups (broad SMARTS) is 1. The summed E-state index contributed by atoms with van der Waals surface area (Å²) in [5, 5.41) is 12.0. The minimum Gasteiger partial charge on any atom is -0.478 e. The van der Waals surface area contributed by atoms with Gasteiger partial charge in [-0.15, -0.1) is 0 Å². The van der Waals surface area contributed by atoms with Crippen molar-refractivity contribution in [1.29, 1.82) is 0 Å². The van der Waals surface area contributed by atoms with Gasteiger partial charge in [0.1, 0.15) is 0 Å². The highest BCUT2D eigenvalue weighted by Crippen LogP contribution is 2.35. The Morgan fingerprint density at radius 1 is 1.25 bits per heavy atom. The first-order chi connectivity index (χ1) is 9.46. The Bertz CT molecular complexity index is 449. The first kappa shape index (κ1) is 14.9. The van der Waals surface area contributed by atoms with Crippen LogP contribution in [0.15, 0.2) is 24.3 Å². The van der Waals surface area contributed by atoms with E-state index in [1.807, 2.05) is 0 Å². The van der Waals surface area contributed by atoms with Gasteiger partial charge in [-0.05, 0) is 43.0 Å². The van der Waals surface area contributed by atoms with E-state index in [0.717, 1.165) is 12.1 Å². The summed E-state index contributed by atoms with van der Waals surface area (Å²) >= 11 is 0. The van der Waals surface area contributed by atoms with Crippen molar-refractivity contribution < 1.29 is 18.7 Å². The van der Waals surface area contributed by atoms with E-state index in [2.05, 4.69) is 5.32 Å². The normalized spacial score (nSPS) is 18.9. The van der Waals surface area contributed by atoms with Crippen molar-refractivity contribution in [3.63, 3.8) is 0 Å². The summed E-state index contributed by atoms with van der Waals surface area (Å²) in [4.78, 5) is 10.7. The Morgan fingerprint density at radius 3 is 2.40 bits per heavy atom. The topological polar surface area (TPSA) is 49.3 Å². The maximum absolute atomic E-state index is 13.0. The molecule has 0 heterocycles. The lowest BCUT2D eigenvalue weighted by molar-refractivity contribution is -0.0455. The highest BCUT2D eigenvalue weighted by atomic mass is 19.3. The Labute approximate surface area is 117 Å². The lowest BCUT2D eigenvalue weighted by atomic mass is 9.87. The summed E-state index contributed by atoms with van der Waals surface area (Å²) in [5.41, 5.74) is 1.26. The highest BCUT2D eigenvalue weighted by molar-refractivity contribution is 5.87. The number of alkyl halides is 2. The van der Waals surface area contributed by atoms with Crippen molar-refractivity contribution in [3.8, 4) is 0 Å². The Morgan fingerprint density at radius 2 is 1.85 bits per heavy atom. The average Bonchev–Trinajstić information content (AvgIpc) is 2.41. The van der Waals surface area contributed by atoms with Gasteiger partial charge in [0.25, 0.3) is 0 Å². The lowest BCUT2D eigenvalue weighted by Crippen LogP contribution is -2.30. The summed E-state index contributed by atoms with van der Waals surface area (Å²) in [6.45, 7) is 1.36. The van der Waals surface area contributed by atoms with Crippen LogP contribution in [0.25, 0.3) is 0 Å². The molecule has 0 saturated heterocycles. The van der Waals surface area contributed by atoms with E-state index in [9.17, 15) is 13.6 Å². The molecule has 5 heteroatoms. The molecule has 0 spiro atoms. The van der Waals surface area contributed by atoms with Crippen molar-refractivity contribution in [2.75, 3.05) is 6.54 Å². The van der Waals surface area contributed by atoms with E-state index in [-0.39, 0.29) is 18.4 Å². The van der Waals surface area contributed by atoms with Crippen LogP contribution in [0, 0.1) is 5.92 Å². The second kappa shape index (κ2) is 6.31. The lowest BCUT2D eigenvalue weighted by Gasteiger charge is -2.28. The maximum atomic E-state index is 13.0. The van der Waals surface area contributed by atoms with Crippen LogP contribution in [0.4, 0.5) is 8.78 Å². The molecular weight excluding hydrogens is 264 g/mol. The summed E-state index contributed by atoms with van der Waals surface area (Å²) < 4.78 is 26.0. The van der Waals surface area contributed by atoms with Gasteiger partial charge in [-0.1, -0.05) is 12.1 Å². The summed E-state index contributed by atoms with van der Waals surface area (Å²) in [6.07, 6.45) is 1.12. The van der Waals surface area contributed by atoms with Gasteiger partial charge in [0.05, 0.1) is 5.56 Å². The quantitative estimate of drug-likeness (QED) is 0.871. The fourth-order valence-corrected chi connectivity index (χ4v) is 2.49. The predicted molar refractivity (Wildman–Crippen MR) is 72.0 cm³/mol. The van der Waals surface area contributed by atoms with Crippen LogP contribution >= 0.6 is 0 Å². The zero-order valence-electron chi connectivity index (χ0n) is 11.2. The van der Waals surface area contributed by atoms with Gasteiger partial charge < -0.3 is 10.4 Å². The van der Waals surface area contributed by atoms with E-state index in [1.54, 1.807) is 24.3 Å². The first-order valence-corrected chi connectivity index (χ1v) is 6.87. The standard InChI is InChI=1S/C15H19F2NO2/c16-15(17)7-5-12(6-8-15)10-18-9-11-1-3-13(4-2-11)14(19)20/h1-4,12,18H,5-10H2,(H,19,20). The van der Waals surface area contributed by atoms with Gasteiger partial charge in [-0.25, -0.2) is 13.6 Å². The van der Waals surface area contributed by atoms with Gasteiger partial charge in [-0.3, -0.25) is 0 Å². The molecule has 0 radical (unpaired) electrons. The predicted octanol–water partition coefficient (Wildman–Crippen LogP) is 3.30. The maximum Gasteiger partial charge on any atom is 0.335 e. The van der Waals surface area contributed by atoms with Crippen LogP contribution in [-0.4, -0.2) is 23.5 Å². The molecule has 0 aliphatic heterocycles. The molecule has 20 heavy (non-hydrogen) atoms. The van der Waals surface area contributed by atoms with E-state index < -0.39 is 11.9 Å². The molecule has 2 rings (SSSR count). The number of carbonyl (C=O) groups is 1. The Kier molecular flexibility index (Phi) is 4.70. The van der Waals surface area contributed by atoms with Crippen molar-refractivity contribution in [2.45, 2.75) is 38.2 Å². The number of benzene rings is 1. The molecule has 1 fully saturated rings.